The maximum absolute atomic E-state index is 12.8. The lowest BCUT2D eigenvalue weighted by atomic mass is 10.1. The smallest absolute Gasteiger partial charge is 0.306 e. The summed E-state index contributed by atoms with van der Waals surface area (Å²) in [6.45, 7) is 6.22. The van der Waals surface area contributed by atoms with E-state index in [1.54, 1.807) is 0 Å². The van der Waals surface area contributed by atoms with Gasteiger partial charge >= 0.3 is 17.9 Å². The van der Waals surface area contributed by atoms with Crippen molar-refractivity contribution in [1.82, 2.24) is 0 Å². The van der Waals surface area contributed by atoms with Gasteiger partial charge in [0.25, 0.3) is 0 Å². The highest BCUT2D eigenvalue weighted by Crippen LogP contribution is 2.11. The van der Waals surface area contributed by atoms with E-state index in [1.165, 1.54) is 6.42 Å². The van der Waals surface area contributed by atoms with Gasteiger partial charge in [-0.15, -0.1) is 0 Å². The first-order valence-corrected chi connectivity index (χ1v) is 26.3. The molecule has 6 heteroatoms. The number of rotatable bonds is 45. The molecule has 374 valence electrons. The molecule has 0 saturated heterocycles. The fourth-order valence-electron chi connectivity index (χ4n) is 6.44. The van der Waals surface area contributed by atoms with Gasteiger partial charge in [0.2, 0.25) is 0 Å². The zero-order valence-corrected chi connectivity index (χ0v) is 42.6. The molecule has 0 saturated carbocycles. The summed E-state index contributed by atoms with van der Waals surface area (Å²) in [6, 6.07) is 0. The molecular weight excluding hydrogens is 829 g/mol. The zero-order valence-electron chi connectivity index (χ0n) is 42.6. The number of hydrogen-bond donors (Lipinski definition) is 0. The molecule has 0 heterocycles. The average molecular weight is 923 g/mol. The third-order valence-corrected chi connectivity index (χ3v) is 10.3. The number of ether oxygens (including phenoxy) is 3. The maximum Gasteiger partial charge on any atom is 0.306 e. The number of unbranched alkanes of at least 4 members (excludes halogenated alkanes) is 10. The largest absolute Gasteiger partial charge is 0.462 e. The SMILES string of the molecule is CC/C=C\C/C=C\C/C=C\C/C=C\C/C=C\C/C=C\CCCCCCC(=O)OCC(COC(=O)CCCCCCC/C=C\C/C=C\CCC)OC(=O)CC/C=C\C/C=C\C/C=C\C/C=C\CC. The van der Waals surface area contributed by atoms with Gasteiger partial charge in [-0.05, 0) is 122 Å². The van der Waals surface area contributed by atoms with Crippen LogP contribution in [-0.4, -0.2) is 37.2 Å². The van der Waals surface area contributed by atoms with Crippen molar-refractivity contribution in [1.29, 1.82) is 0 Å². The van der Waals surface area contributed by atoms with E-state index in [0.29, 0.717) is 19.3 Å². The summed E-state index contributed by atoms with van der Waals surface area (Å²) in [7, 11) is 0. The predicted octanol–water partition coefficient (Wildman–Crippen LogP) is 17.6. The predicted molar refractivity (Wildman–Crippen MR) is 288 cm³/mol. The molecule has 0 bridgehead atoms. The van der Waals surface area contributed by atoms with Crippen LogP contribution in [0.25, 0.3) is 0 Å². The number of carbonyl (C=O) groups is 3. The molecule has 67 heavy (non-hydrogen) atoms. The van der Waals surface area contributed by atoms with Gasteiger partial charge in [-0.25, -0.2) is 0 Å². The van der Waals surface area contributed by atoms with Gasteiger partial charge in [0.05, 0.1) is 0 Å². The second kappa shape index (κ2) is 53.9. The molecule has 6 nitrogen and oxygen atoms in total. The van der Waals surface area contributed by atoms with Gasteiger partial charge in [0.15, 0.2) is 6.10 Å². The summed E-state index contributed by atoms with van der Waals surface area (Å²) in [6.07, 6.45) is 77.0. The summed E-state index contributed by atoms with van der Waals surface area (Å²) in [5.74, 6) is -1.06. The number of hydrogen-bond acceptors (Lipinski definition) is 6. The molecule has 0 aromatic carbocycles. The number of carbonyl (C=O) groups excluding carboxylic acids is 3. The van der Waals surface area contributed by atoms with Crippen molar-refractivity contribution in [2.75, 3.05) is 13.2 Å². The Bertz CT molecular complexity index is 1530. The molecule has 1 atom stereocenters. The van der Waals surface area contributed by atoms with Gasteiger partial charge in [0.1, 0.15) is 13.2 Å². The van der Waals surface area contributed by atoms with Crippen LogP contribution in [0.2, 0.25) is 0 Å². The minimum Gasteiger partial charge on any atom is -0.462 e. The first kappa shape index (κ1) is 62.3. The zero-order chi connectivity index (χ0) is 48.6. The monoisotopic (exact) mass is 923 g/mol. The topological polar surface area (TPSA) is 78.9 Å². The molecule has 0 rings (SSSR count). The summed E-state index contributed by atoms with van der Waals surface area (Å²) in [5, 5.41) is 0. The number of esters is 3. The minimum absolute atomic E-state index is 0.129. The minimum atomic E-state index is -0.839. The van der Waals surface area contributed by atoms with Gasteiger partial charge in [-0.2, -0.15) is 0 Å². The van der Waals surface area contributed by atoms with Crippen molar-refractivity contribution < 1.29 is 28.6 Å². The second-order valence-corrected chi connectivity index (χ2v) is 16.7. The second-order valence-electron chi connectivity index (χ2n) is 16.7. The van der Waals surface area contributed by atoms with E-state index in [9.17, 15) is 14.4 Å². The van der Waals surface area contributed by atoms with Crippen LogP contribution in [0.4, 0.5) is 0 Å². The Labute approximate surface area is 410 Å². The van der Waals surface area contributed by atoms with E-state index in [4.69, 9.17) is 14.2 Å². The van der Waals surface area contributed by atoms with Crippen molar-refractivity contribution in [3.63, 3.8) is 0 Å². The molecule has 1 unspecified atom stereocenters. The van der Waals surface area contributed by atoms with Crippen LogP contribution in [0, 0.1) is 0 Å². The first-order chi connectivity index (χ1) is 33.0. The maximum atomic E-state index is 12.8. The molecule has 0 aromatic heterocycles. The molecule has 0 aromatic rings. The summed E-state index contributed by atoms with van der Waals surface area (Å²) in [4.78, 5) is 38.0. The van der Waals surface area contributed by atoms with Crippen molar-refractivity contribution in [3.8, 4) is 0 Å². The van der Waals surface area contributed by atoms with Crippen LogP contribution < -0.4 is 0 Å². The number of allylic oxidation sites excluding steroid dienone is 24. The summed E-state index contributed by atoms with van der Waals surface area (Å²) in [5.41, 5.74) is 0. The van der Waals surface area contributed by atoms with E-state index in [0.717, 1.165) is 148 Å². The van der Waals surface area contributed by atoms with Gasteiger partial charge < -0.3 is 14.2 Å². The molecule has 0 fully saturated rings. The molecule has 0 spiro atoms. The van der Waals surface area contributed by atoms with Gasteiger partial charge in [0, 0.05) is 19.3 Å². The average Bonchev–Trinajstić information content (AvgIpc) is 3.33. The van der Waals surface area contributed by atoms with Crippen molar-refractivity contribution in [2.24, 2.45) is 0 Å². The molecule has 0 aliphatic rings. The fourth-order valence-corrected chi connectivity index (χ4v) is 6.44. The lowest BCUT2D eigenvalue weighted by Gasteiger charge is -2.18. The summed E-state index contributed by atoms with van der Waals surface area (Å²) >= 11 is 0. The Morgan fingerprint density at radius 2 is 0.612 bits per heavy atom. The third kappa shape index (κ3) is 52.1. The van der Waals surface area contributed by atoms with Gasteiger partial charge in [-0.3, -0.25) is 14.4 Å². The summed E-state index contributed by atoms with van der Waals surface area (Å²) < 4.78 is 16.7. The molecule has 0 N–H and O–H groups in total. The van der Waals surface area contributed by atoms with Crippen molar-refractivity contribution in [2.45, 2.75) is 207 Å². The van der Waals surface area contributed by atoms with Crippen LogP contribution in [0.3, 0.4) is 0 Å². The Balaban J connectivity index is 4.50. The van der Waals surface area contributed by atoms with Crippen molar-refractivity contribution in [3.05, 3.63) is 146 Å². The molecule has 0 aliphatic carbocycles. The molecule has 0 amide bonds. The first-order valence-electron chi connectivity index (χ1n) is 26.3. The van der Waals surface area contributed by atoms with Gasteiger partial charge in [-0.1, -0.05) is 205 Å². The normalized spacial score (nSPS) is 13.3. The fraction of sp³-hybridized carbons (Fsp3) is 0.557. The highest BCUT2D eigenvalue weighted by molar-refractivity contribution is 5.71. The third-order valence-electron chi connectivity index (χ3n) is 10.3. The van der Waals surface area contributed by atoms with Crippen LogP contribution in [-0.2, 0) is 28.6 Å². The van der Waals surface area contributed by atoms with E-state index in [2.05, 4.69) is 154 Å². The van der Waals surface area contributed by atoms with Crippen LogP contribution in [0.1, 0.15) is 201 Å². The van der Waals surface area contributed by atoms with Crippen LogP contribution >= 0.6 is 0 Å². The quantitative estimate of drug-likeness (QED) is 0.0262. The Morgan fingerprint density at radius 3 is 0.970 bits per heavy atom. The molecule has 0 radical (unpaired) electrons. The van der Waals surface area contributed by atoms with Crippen molar-refractivity contribution >= 4 is 17.9 Å². The van der Waals surface area contributed by atoms with Crippen LogP contribution in [0.15, 0.2) is 146 Å². The van der Waals surface area contributed by atoms with E-state index in [-0.39, 0.29) is 31.6 Å². The highest BCUT2D eigenvalue weighted by Gasteiger charge is 2.19. The van der Waals surface area contributed by atoms with E-state index >= 15 is 0 Å². The lowest BCUT2D eigenvalue weighted by molar-refractivity contribution is -0.166. The van der Waals surface area contributed by atoms with E-state index in [1.807, 2.05) is 12.2 Å². The van der Waals surface area contributed by atoms with Crippen LogP contribution in [0.5, 0.6) is 0 Å². The highest BCUT2D eigenvalue weighted by atomic mass is 16.6. The Morgan fingerprint density at radius 1 is 0.313 bits per heavy atom. The molecular formula is C61H94O6. The Hall–Kier alpha value is -4.71. The van der Waals surface area contributed by atoms with E-state index < -0.39 is 12.1 Å². The standard InChI is InChI=1S/C61H94O6/c1-4-7-10-13-16-19-22-25-26-27-28-29-30-31-32-33-34-37-39-42-45-48-51-54-60(63)66-57-58(67-61(64)55-52-49-46-43-40-36-24-21-18-15-12-9-6-3)56-65-59(62)53-50-47-44-41-38-35-23-20-17-14-11-8-5-2/h7,9-12,14,16,18-21,23,25-26,28-29,31-32,34,36-37,40,46,49,58H,4-6,8,13,15,17,22,24,27,30,33,35,38-39,41-45,47-48,50-57H2,1-3H3/b10-7-,12-9-,14-11-,19-16-,21-18-,23-20-,26-25-,29-28-,32-31-,37-34-,40-36-,49-46-. The lowest BCUT2D eigenvalue weighted by Crippen LogP contribution is -2.30. The Kier molecular flexibility index (Phi) is 50.1. The molecule has 0 aliphatic heterocycles.